The summed E-state index contributed by atoms with van der Waals surface area (Å²) >= 11 is 0. The lowest BCUT2D eigenvalue weighted by Crippen LogP contribution is -2.01. The van der Waals surface area contributed by atoms with Crippen molar-refractivity contribution < 1.29 is 0 Å². The monoisotopic (exact) mass is 838 g/mol. The molecule has 0 bridgehead atoms. The van der Waals surface area contributed by atoms with Crippen LogP contribution in [-0.4, -0.2) is 15.0 Å². The molecule has 0 amide bonds. The van der Waals surface area contributed by atoms with Crippen LogP contribution in [0.4, 0.5) is 5.69 Å². The van der Waals surface area contributed by atoms with Crippen LogP contribution in [0, 0.1) is 6.57 Å². The molecule has 0 aliphatic heterocycles. The van der Waals surface area contributed by atoms with E-state index >= 15 is 0 Å². The zero-order valence-corrected chi connectivity index (χ0v) is 35.7. The van der Waals surface area contributed by atoms with Gasteiger partial charge in [-0.15, -0.1) is 0 Å². The van der Waals surface area contributed by atoms with Crippen molar-refractivity contribution in [3.8, 4) is 112 Å². The minimum absolute atomic E-state index is 0.595. The van der Waals surface area contributed by atoms with E-state index in [1.807, 2.05) is 54.6 Å². The van der Waals surface area contributed by atoms with E-state index in [-0.39, 0.29) is 0 Å². The van der Waals surface area contributed by atoms with Gasteiger partial charge in [0.15, 0.2) is 23.2 Å². The Morgan fingerprint density at radius 3 is 1.39 bits per heavy atom. The maximum atomic E-state index is 8.00. The van der Waals surface area contributed by atoms with Gasteiger partial charge in [0.05, 0.1) is 6.57 Å². The number of nitrogens with zero attached hydrogens (tertiary/aromatic N) is 4. The van der Waals surface area contributed by atoms with E-state index in [1.54, 1.807) is 0 Å². The molecule has 306 valence electrons. The highest BCUT2D eigenvalue weighted by molar-refractivity contribution is 6.18. The van der Waals surface area contributed by atoms with Crippen molar-refractivity contribution in [1.29, 1.82) is 0 Å². The van der Waals surface area contributed by atoms with E-state index in [9.17, 15) is 0 Å². The largest absolute Gasteiger partial charge is 0.238 e. The van der Waals surface area contributed by atoms with Crippen LogP contribution in [0.1, 0.15) is 0 Å². The number of fused-ring (bicyclic) bond motifs is 3. The number of benzene rings is 10. The Balaban J connectivity index is 0.947. The summed E-state index contributed by atoms with van der Waals surface area (Å²) in [4.78, 5) is 19.2. The smallest absolute Gasteiger partial charge is 0.187 e. The molecule has 0 saturated carbocycles. The molecule has 12 rings (SSSR count). The fourth-order valence-corrected chi connectivity index (χ4v) is 9.60. The summed E-state index contributed by atoms with van der Waals surface area (Å²) in [6, 6.07) is 80.5. The Bertz CT molecular complexity index is 3690. The van der Waals surface area contributed by atoms with Crippen LogP contribution < -0.4 is 0 Å². The molecule has 1 aromatic heterocycles. The molecule has 10 aromatic carbocycles. The lowest BCUT2D eigenvalue weighted by molar-refractivity contribution is 1.07. The molecule has 0 unspecified atom stereocenters. The highest BCUT2D eigenvalue weighted by Gasteiger charge is 2.24. The van der Waals surface area contributed by atoms with E-state index < -0.39 is 0 Å². The summed E-state index contributed by atoms with van der Waals surface area (Å²) < 4.78 is 0. The van der Waals surface area contributed by atoms with Crippen LogP contribution in [0.2, 0.25) is 0 Å². The average molecular weight is 839 g/mol. The predicted octanol–water partition coefficient (Wildman–Crippen LogP) is 16.6. The number of aromatic nitrogens is 3. The topological polar surface area (TPSA) is 43.0 Å². The number of hydrogen-bond acceptors (Lipinski definition) is 3. The Labute approximate surface area is 383 Å². The van der Waals surface area contributed by atoms with Crippen molar-refractivity contribution in [2.75, 3.05) is 0 Å². The van der Waals surface area contributed by atoms with Crippen molar-refractivity contribution in [1.82, 2.24) is 15.0 Å². The first kappa shape index (κ1) is 38.6. The van der Waals surface area contributed by atoms with Crippen molar-refractivity contribution in [2.24, 2.45) is 0 Å². The maximum absolute atomic E-state index is 8.00. The number of rotatable bonds is 8. The standard InChI is InChI=1S/C62H38N4/c1-63-49-35-36-51(57(39-49)48-24-11-23-47(38-48)52-27-14-29-54-53-28-12-19-42-20-13-30-56(58(42)53)59(52)54)46-22-10-21-45(37-46)50-25-8-9-26-55(50)62-65-60(43-17-6-3-7-18-43)64-61(66-62)44-33-31-41(32-34-44)40-15-4-2-5-16-40/h2-39H. The first-order valence-corrected chi connectivity index (χ1v) is 22.1. The molecule has 0 atom stereocenters. The first-order valence-electron chi connectivity index (χ1n) is 22.1. The average Bonchev–Trinajstić information content (AvgIpc) is 3.74. The Morgan fingerprint density at radius 1 is 0.273 bits per heavy atom. The van der Waals surface area contributed by atoms with Gasteiger partial charge in [0, 0.05) is 16.7 Å². The van der Waals surface area contributed by atoms with Gasteiger partial charge in [-0.1, -0.05) is 212 Å². The van der Waals surface area contributed by atoms with Crippen LogP contribution in [-0.2, 0) is 0 Å². The van der Waals surface area contributed by atoms with E-state index in [1.165, 1.54) is 38.6 Å². The lowest BCUT2D eigenvalue weighted by atomic mass is 9.88. The quantitative estimate of drug-likeness (QED) is 0.143. The summed E-state index contributed by atoms with van der Waals surface area (Å²) in [7, 11) is 0. The summed E-state index contributed by atoms with van der Waals surface area (Å²) in [5, 5.41) is 2.57. The normalized spacial score (nSPS) is 11.3. The SMILES string of the molecule is [C-]#[N+]c1ccc(-c2cccc(-c3ccccc3-c3nc(-c4ccccc4)nc(-c4ccc(-c5ccccc5)cc4)n3)c2)c(-c2cccc(-c3cccc4c3-c3cccc5cccc-4c35)c2)c1. The van der Waals surface area contributed by atoms with Gasteiger partial charge in [0.25, 0.3) is 0 Å². The Kier molecular flexibility index (Phi) is 9.51. The molecule has 4 heteroatoms. The van der Waals surface area contributed by atoms with Gasteiger partial charge in [0.2, 0.25) is 0 Å². The second kappa shape index (κ2) is 16.3. The lowest BCUT2D eigenvalue weighted by Gasteiger charge is -2.16. The van der Waals surface area contributed by atoms with Crippen LogP contribution in [0.15, 0.2) is 231 Å². The molecule has 1 heterocycles. The van der Waals surface area contributed by atoms with Gasteiger partial charge in [-0.2, -0.15) is 0 Å². The van der Waals surface area contributed by atoms with Gasteiger partial charge in [-0.25, -0.2) is 19.8 Å². The highest BCUT2D eigenvalue weighted by Crippen LogP contribution is 2.51. The molecular formula is C62H38N4. The molecule has 0 radical (unpaired) electrons. The van der Waals surface area contributed by atoms with E-state index in [0.717, 1.165) is 66.8 Å². The molecule has 1 aliphatic carbocycles. The van der Waals surface area contributed by atoms with E-state index in [0.29, 0.717) is 23.2 Å². The fourth-order valence-electron chi connectivity index (χ4n) is 9.60. The van der Waals surface area contributed by atoms with Gasteiger partial charge in [-0.05, 0) is 107 Å². The van der Waals surface area contributed by atoms with Crippen LogP contribution >= 0.6 is 0 Å². The molecule has 4 nitrogen and oxygen atoms in total. The van der Waals surface area contributed by atoms with Gasteiger partial charge >= 0.3 is 0 Å². The molecule has 66 heavy (non-hydrogen) atoms. The third-order valence-electron chi connectivity index (χ3n) is 12.7. The Morgan fingerprint density at radius 2 is 0.712 bits per heavy atom. The molecule has 0 spiro atoms. The number of hydrogen-bond donors (Lipinski definition) is 0. The summed E-state index contributed by atoms with van der Waals surface area (Å²) in [5.41, 5.74) is 19.2. The molecule has 0 N–H and O–H groups in total. The first-order chi connectivity index (χ1) is 32.7. The second-order valence-corrected chi connectivity index (χ2v) is 16.6. The fraction of sp³-hybridized carbons (Fsp3) is 0. The van der Waals surface area contributed by atoms with Gasteiger partial charge in [0.1, 0.15) is 0 Å². The van der Waals surface area contributed by atoms with E-state index in [4.69, 9.17) is 21.5 Å². The zero-order chi connectivity index (χ0) is 44.0. The molecular weight excluding hydrogens is 801 g/mol. The summed E-state index contributed by atoms with van der Waals surface area (Å²) in [6.07, 6.45) is 0. The summed E-state index contributed by atoms with van der Waals surface area (Å²) in [6.45, 7) is 8.00. The van der Waals surface area contributed by atoms with Crippen molar-refractivity contribution in [3.05, 3.63) is 242 Å². The minimum Gasteiger partial charge on any atom is -0.238 e. The molecule has 11 aromatic rings. The molecule has 0 fully saturated rings. The van der Waals surface area contributed by atoms with E-state index in [2.05, 4.69) is 181 Å². The van der Waals surface area contributed by atoms with Crippen LogP contribution in [0.25, 0.3) is 128 Å². The van der Waals surface area contributed by atoms with Gasteiger partial charge < -0.3 is 0 Å². The van der Waals surface area contributed by atoms with Crippen LogP contribution in [0.3, 0.4) is 0 Å². The Hall–Kier alpha value is -9.04. The van der Waals surface area contributed by atoms with Crippen molar-refractivity contribution in [2.45, 2.75) is 0 Å². The van der Waals surface area contributed by atoms with Crippen molar-refractivity contribution >= 4 is 16.5 Å². The molecule has 0 saturated heterocycles. The van der Waals surface area contributed by atoms with Crippen molar-refractivity contribution in [3.63, 3.8) is 0 Å². The third-order valence-corrected chi connectivity index (χ3v) is 12.7. The maximum Gasteiger partial charge on any atom is 0.187 e. The zero-order valence-electron chi connectivity index (χ0n) is 35.7. The summed E-state index contributed by atoms with van der Waals surface area (Å²) in [5.74, 6) is 1.81. The third kappa shape index (κ3) is 6.84. The highest BCUT2D eigenvalue weighted by atomic mass is 15.0. The van der Waals surface area contributed by atoms with Gasteiger partial charge in [-0.3, -0.25) is 0 Å². The predicted molar refractivity (Wildman–Crippen MR) is 272 cm³/mol. The molecule has 1 aliphatic rings. The minimum atomic E-state index is 0.595. The second-order valence-electron chi connectivity index (χ2n) is 16.6. The van der Waals surface area contributed by atoms with Crippen LogP contribution in [0.5, 0.6) is 0 Å².